The van der Waals surface area contributed by atoms with E-state index in [1.54, 1.807) is 6.07 Å². The first kappa shape index (κ1) is 13.4. The Morgan fingerprint density at radius 2 is 1.62 bits per heavy atom. The molecule has 4 heteroatoms. The van der Waals surface area contributed by atoms with Gasteiger partial charge in [0.2, 0.25) is 0 Å². The first-order valence-corrected chi connectivity index (χ1v) is 6.81. The Bertz CT molecular complexity index is 749. The molecule has 2 aromatic rings. The summed E-state index contributed by atoms with van der Waals surface area (Å²) < 4.78 is 0. The molecule has 3 rings (SSSR count). The number of rotatable bonds is 2. The number of para-hydroxylation sites is 1. The van der Waals surface area contributed by atoms with E-state index in [9.17, 15) is 14.7 Å². The normalized spacial score (nSPS) is 14.0. The van der Waals surface area contributed by atoms with Crippen LogP contribution in [0.15, 0.2) is 42.5 Å². The number of phenols is 1. The number of fused-ring (bicyclic) bond motifs is 1. The Morgan fingerprint density at radius 3 is 2.33 bits per heavy atom. The Morgan fingerprint density at radius 1 is 0.952 bits per heavy atom. The number of hydrogen-bond donors (Lipinski definition) is 1. The molecule has 0 unspecified atom stereocenters. The van der Waals surface area contributed by atoms with E-state index in [1.165, 1.54) is 23.1 Å². The minimum Gasteiger partial charge on any atom is -0.508 e. The summed E-state index contributed by atoms with van der Waals surface area (Å²) in [7, 11) is 0. The molecule has 0 fully saturated rings. The van der Waals surface area contributed by atoms with Gasteiger partial charge in [0.15, 0.2) is 0 Å². The SMILES string of the molecule is CC(C)c1ccccc1N1C(=O)c2ccc(O)cc2C1=O. The van der Waals surface area contributed by atoms with Crippen LogP contribution in [0, 0.1) is 0 Å². The maximum absolute atomic E-state index is 12.5. The van der Waals surface area contributed by atoms with Crippen molar-refractivity contribution in [2.75, 3.05) is 4.90 Å². The van der Waals surface area contributed by atoms with Crippen molar-refractivity contribution < 1.29 is 14.7 Å². The minimum atomic E-state index is -0.390. The molecule has 1 aliphatic heterocycles. The number of amides is 2. The van der Waals surface area contributed by atoms with Crippen molar-refractivity contribution in [2.24, 2.45) is 0 Å². The van der Waals surface area contributed by atoms with Crippen molar-refractivity contribution in [3.63, 3.8) is 0 Å². The predicted octanol–water partition coefficient (Wildman–Crippen LogP) is 3.32. The fourth-order valence-corrected chi connectivity index (χ4v) is 2.63. The second-order valence-corrected chi connectivity index (χ2v) is 5.39. The van der Waals surface area contributed by atoms with Gasteiger partial charge in [0, 0.05) is 0 Å². The maximum Gasteiger partial charge on any atom is 0.266 e. The smallest absolute Gasteiger partial charge is 0.266 e. The first-order valence-electron chi connectivity index (χ1n) is 6.81. The lowest BCUT2D eigenvalue weighted by atomic mass is 10.0. The van der Waals surface area contributed by atoms with E-state index in [1.807, 2.05) is 32.0 Å². The number of hydrogen-bond acceptors (Lipinski definition) is 3. The molecule has 1 aliphatic rings. The largest absolute Gasteiger partial charge is 0.508 e. The van der Waals surface area contributed by atoms with Crippen molar-refractivity contribution in [2.45, 2.75) is 19.8 Å². The van der Waals surface area contributed by atoms with Crippen LogP contribution in [-0.2, 0) is 0 Å². The predicted molar refractivity (Wildman–Crippen MR) is 79.8 cm³/mol. The van der Waals surface area contributed by atoms with Crippen LogP contribution in [0.5, 0.6) is 5.75 Å². The van der Waals surface area contributed by atoms with Gasteiger partial charge in [-0.2, -0.15) is 0 Å². The summed E-state index contributed by atoms with van der Waals surface area (Å²) in [5.74, 6) is -0.560. The topological polar surface area (TPSA) is 57.6 Å². The molecule has 0 saturated carbocycles. The molecule has 0 atom stereocenters. The maximum atomic E-state index is 12.5. The molecule has 0 aromatic heterocycles. The van der Waals surface area contributed by atoms with Gasteiger partial charge in [0.1, 0.15) is 5.75 Å². The minimum absolute atomic E-state index is 0.0195. The van der Waals surface area contributed by atoms with Gasteiger partial charge < -0.3 is 5.11 Å². The Hall–Kier alpha value is -2.62. The van der Waals surface area contributed by atoms with E-state index >= 15 is 0 Å². The average Bonchev–Trinajstić information content (AvgIpc) is 2.70. The van der Waals surface area contributed by atoms with Crippen LogP contribution in [-0.4, -0.2) is 16.9 Å². The van der Waals surface area contributed by atoms with Gasteiger partial charge in [-0.3, -0.25) is 9.59 Å². The zero-order valence-corrected chi connectivity index (χ0v) is 11.8. The molecule has 1 N–H and O–H groups in total. The van der Waals surface area contributed by atoms with Crippen molar-refractivity contribution in [3.05, 3.63) is 59.2 Å². The summed E-state index contributed by atoms with van der Waals surface area (Å²) in [6.45, 7) is 4.03. The zero-order valence-electron chi connectivity index (χ0n) is 11.8. The van der Waals surface area contributed by atoms with E-state index in [0.717, 1.165) is 5.56 Å². The van der Waals surface area contributed by atoms with Crippen LogP contribution in [0.4, 0.5) is 5.69 Å². The number of carbonyl (C=O) groups is 2. The van der Waals surface area contributed by atoms with Gasteiger partial charge in [0.25, 0.3) is 11.8 Å². The van der Waals surface area contributed by atoms with E-state index in [-0.39, 0.29) is 29.0 Å². The summed E-state index contributed by atoms with van der Waals surface area (Å²) in [6.07, 6.45) is 0. The molecule has 4 nitrogen and oxygen atoms in total. The Kier molecular flexibility index (Phi) is 3.01. The second-order valence-electron chi connectivity index (χ2n) is 5.39. The Labute approximate surface area is 122 Å². The summed E-state index contributed by atoms with van der Waals surface area (Å²) in [6, 6.07) is 11.6. The quantitative estimate of drug-likeness (QED) is 0.859. The number of anilines is 1. The van der Waals surface area contributed by atoms with Crippen LogP contribution < -0.4 is 4.90 Å². The summed E-state index contributed by atoms with van der Waals surface area (Å²) in [5.41, 5.74) is 2.13. The van der Waals surface area contributed by atoms with Crippen molar-refractivity contribution in [1.82, 2.24) is 0 Å². The van der Waals surface area contributed by atoms with Gasteiger partial charge in [-0.05, 0) is 35.7 Å². The lowest BCUT2D eigenvalue weighted by Crippen LogP contribution is -2.30. The van der Waals surface area contributed by atoms with Gasteiger partial charge in [-0.1, -0.05) is 32.0 Å². The molecule has 21 heavy (non-hydrogen) atoms. The van der Waals surface area contributed by atoms with E-state index in [4.69, 9.17) is 0 Å². The summed E-state index contributed by atoms with van der Waals surface area (Å²) in [5, 5.41) is 9.52. The third-order valence-corrected chi connectivity index (χ3v) is 3.67. The molecule has 106 valence electrons. The molecular formula is C17H15NO3. The number of aromatic hydroxyl groups is 1. The molecule has 0 radical (unpaired) electrons. The Balaban J connectivity index is 2.15. The standard InChI is InChI=1S/C17H15NO3/c1-10(2)12-5-3-4-6-15(12)18-16(20)13-8-7-11(19)9-14(13)17(18)21/h3-10,19H,1-2H3. The third-order valence-electron chi connectivity index (χ3n) is 3.67. The number of carbonyl (C=O) groups excluding carboxylic acids is 2. The lowest BCUT2D eigenvalue weighted by molar-refractivity contribution is 0.0925. The van der Waals surface area contributed by atoms with Gasteiger partial charge in [-0.25, -0.2) is 4.90 Å². The van der Waals surface area contributed by atoms with E-state index in [2.05, 4.69) is 0 Å². The summed E-state index contributed by atoms with van der Waals surface area (Å²) in [4.78, 5) is 26.2. The fourth-order valence-electron chi connectivity index (χ4n) is 2.63. The highest BCUT2D eigenvalue weighted by Crippen LogP contribution is 2.34. The van der Waals surface area contributed by atoms with Gasteiger partial charge in [0.05, 0.1) is 16.8 Å². The van der Waals surface area contributed by atoms with E-state index in [0.29, 0.717) is 11.3 Å². The molecule has 0 bridgehead atoms. The average molecular weight is 281 g/mol. The van der Waals surface area contributed by atoms with E-state index < -0.39 is 0 Å². The van der Waals surface area contributed by atoms with Crippen LogP contribution >= 0.6 is 0 Å². The second kappa shape index (κ2) is 4.74. The van der Waals surface area contributed by atoms with Crippen LogP contribution in [0.3, 0.4) is 0 Å². The molecular weight excluding hydrogens is 266 g/mol. The highest BCUT2D eigenvalue weighted by Gasteiger charge is 2.37. The van der Waals surface area contributed by atoms with Crippen molar-refractivity contribution >= 4 is 17.5 Å². The number of imide groups is 1. The number of phenolic OH excluding ortho intramolecular Hbond substituents is 1. The lowest BCUT2D eigenvalue weighted by Gasteiger charge is -2.20. The molecule has 2 aromatic carbocycles. The molecule has 0 spiro atoms. The molecule has 0 aliphatic carbocycles. The van der Waals surface area contributed by atoms with Gasteiger partial charge in [-0.15, -0.1) is 0 Å². The fraction of sp³-hybridized carbons (Fsp3) is 0.176. The monoisotopic (exact) mass is 281 g/mol. The number of benzene rings is 2. The molecule has 2 amide bonds. The van der Waals surface area contributed by atoms with Crippen molar-refractivity contribution in [1.29, 1.82) is 0 Å². The third kappa shape index (κ3) is 2.00. The van der Waals surface area contributed by atoms with Crippen molar-refractivity contribution in [3.8, 4) is 5.75 Å². The van der Waals surface area contributed by atoms with Crippen LogP contribution in [0.1, 0.15) is 46.0 Å². The molecule has 1 heterocycles. The first-order chi connectivity index (χ1) is 10.0. The van der Waals surface area contributed by atoms with Gasteiger partial charge >= 0.3 is 0 Å². The van der Waals surface area contributed by atoms with Crippen LogP contribution in [0.25, 0.3) is 0 Å². The molecule has 0 saturated heterocycles. The highest BCUT2D eigenvalue weighted by atomic mass is 16.3. The van der Waals surface area contributed by atoms with Crippen LogP contribution in [0.2, 0.25) is 0 Å². The highest BCUT2D eigenvalue weighted by molar-refractivity contribution is 6.34. The summed E-state index contributed by atoms with van der Waals surface area (Å²) >= 11 is 0. The number of nitrogens with zero attached hydrogens (tertiary/aromatic N) is 1. The zero-order chi connectivity index (χ0) is 15.1.